The molecule has 0 aliphatic carbocycles. The first kappa shape index (κ1) is 19.3. The highest BCUT2D eigenvalue weighted by Gasteiger charge is 2.24. The van der Waals surface area contributed by atoms with Gasteiger partial charge in [0.15, 0.2) is 0 Å². The molecule has 1 fully saturated rings. The van der Waals surface area contributed by atoms with Crippen LogP contribution in [0.2, 0.25) is 0 Å². The minimum absolute atomic E-state index is 0.0994. The number of hydrogen-bond acceptors (Lipinski definition) is 2. The lowest BCUT2D eigenvalue weighted by Gasteiger charge is -2.22. The van der Waals surface area contributed by atoms with Crippen LogP contribution in [-0.4, -0.2) is 35.3 Å². The molecule has 1 saturated heterocycles. The first-order chi connectivity index (χ1) is 12.8. The Bertz CT molecular complexity index is 815. The second kappa shape index (κ2) is 8.04. The van der Waals surface area contributed by atoms with Gasteiger partial charge in [-0.05, 0) is 17.7 Å². The van der Waals surface area contributed by atoms with Gasteiger partial charge in [0.25, 0.3) is 0 Å². The van der Waals surface area contributed by atoms with Gasteiger partial charge in [-0.25, -0.2) is 22.0 Å². The molecular formula is C19H17F5N2O. The average molecular weight is 384 g/mol. The fourth-order valence-corrected chi connectivity index (χ4v) is 3.11. The van der Waals surface area contributed by atoms with Crippen LogP contribution in [0.25, 0.3) is 0 Å². The Morgan fingerprint density at radius 2 is 1.33 bits per heavy atom. The highest BCUT2D eigenvalue weighted by atomic mass is 19.2. The van der Waals surface area contributed by atoms with E-state index in [4.69, 9.17) is 0 Å². The van der Waals surface area contributed by atoms with E-state index >= 15 is 0 Å². The number of amides is 1. The number of halogens is 5. The lowest BCUT2D eigenvalue weighted by molar-refractivity contribution is -0.131. The van der Waals surface area contributed by atoms with Gasteiger partial charge < -0.3 is 4.90 Å². The highest BCUT2D eigenvalue weighted by Crippen LogP contribution is 2.19. The topological polar surface area (TPSA) is 23.6 Å². The van der Waals surface area contributed by atoms with E-state index in [2.05, 4.69) is 0 Å². The molecule has 3 nitrogen and oxygen atoms in total. The predicted octanol–water partition coefficient (Wildman–Crippen LogP) is 3.62. The Labute approximate surface area is 153 Å². The molecule has 0 atom stereocenters. The van der Waals surface area contributed by atoms with Crippen molar-refractivity contribution >= 4 is 5.91 Å². The molecule has 3 rings (SSSR count). The molecule has 1 heterocycles. The van der Waals surface area contributed by atoms with Gasteiger partial charge in [-0.3, -0.25) is 9.69 Å². The monoisotopic (exact) mass is 384 g/mol. The summed E-state index contributed by atoms with van der Waals surface area (Å²) in [5, 5.41) is 0. The van der Waals surface area contributed by atoms with E-state index in [1.807, 2.05) is 4.90 Å². The van der Waals surface area contributed by atoms with Crippen LogP contribution in [0.4, 0.5) is 22.0 Å². The van der Waals surface area contributed by atoms with Gasteiger partial charge in [0.05, 0.1) is 6.54 Å². The van der Waals surface area contributed by atoms with Crippen LogP contribution in [0.3, 0.4) is 0 Å². The first-order valence-electron chi connectivity index (χ1n) is 8.40. The molecule has 1 amide bonds. The molecule has 0 radical (unpaired) electrons. The Kier molecular flexibility index (Phi) is 5.74. The van der Waals surface area contributed by atoms with Gasteiger partial charge in [0, 0.05) is 56.4 Å². The summed E-state index contributed by atoms with van der Waals surface area (Å²) < 4.78 is 67.3. The van der Waals surface area contributed by atoms with Gasteiger partial charge in [-0.15, -0.1) is 0 Å². The quantitative estimate of drug-likeness (QED) is 0.752. The molecule has 0 N–H and O–H groups in total. The second-order valence-electron chi connectivity index (χ2n) is 6.47. The first-order valence-corrected chi connectivity index (χ1v) is 8.40. The van der Waals surface area contributed by atoms with Gasteiger partial charge in [-0.2, -0.15) is 0 Å². The molecule has 8 heteroatoms. The van der Waals surface area contributed by atoms with Crippen LogP contribution >= 0.6 is 0 Å². The van der Waals surface area contributed by atoms with Crippen LogP contribution in [0.1, 0.15) is 17.5 Å². The summed E-state index contributed by atoms with van der Waals surface area (Å²) >= 11 is 0. The summed E-state index contributed by atoms with van der Waals surface area (Å²) in [7, 11) is 0. The van der Waals surface area contributed by atoms with E-state index in [0.29, 0.717) is 30.8 Å². The normalized spacial score (nSPS) is 15.9. The van der Waals surface area contributed by atoms with Crippen LogP contribution in [0.5, 0.6) is 0 Å². The Balaban J connectivity index is 1.68. The lowest BCUT2D eigenvalue weighted by Crippen LogP contribution is -2.33. The van der Waals surface area contributed by atoms with Gasteiger partial charge in [-0.1, -0.05) is 0 Å². The van der Waals surface area contributed by atoms with Crippen molar-refractivity contribution in [3.63, 3.8) is 0 Å². The number of benzene rings is 2. The van der Waals surface area contributed by atoms with Crippen LogP contribution in [-0.2, 0) is 17.9 Å². The minimum Gasteiger partial charge on any atom is -0.337 e. The Hall–Kier alpha value is -2.48. The lowest BCUT2D eigenvalue weighted by atomic mass is 10.1. The van der Waals surface area contributed by atoms with Crippen molar-refractivity contribution < 1.29 is 26.7 Å². The van der Waals surface area contributed by atoms with Crippen molar-refractivity contribution in [3.8, 4) is 0 Å². The summed E-state index contributed by atoms with van der Waals surface area (Å²) in [6.45, 7) is 0.845. The maximum atomic E-state index is 13.8. The summed E-state index contributed by atoms with van der Waals surface area (Å²) in [5.41, 5.74) is 0.0643. The molecule has 0 bridgehead atoms. The summed E-state index contributed by atoms with van der Waals surface area (Å²) in [5.74, 6) is -4.77. The van der Waals surface area contributed by atoms with Crippen molar-refractivity contribution in [1.82, 2.24) is 9.80 Å². The van der Waals surface area contributed by atoms with Crippen molar-refractivity contribution in [2.24, 2.45) is 0 Å². The predicted molar refractivity (Wildman–Crippen MR) is 88.0 cm³/mol. The molecule has 0 aromatic heterocycles. The van der Waals surface area contributed by atoms with Crippen molar-refractivity contribution in [1.29, 1.82) is 0 Å². The molecular weight excluding hydrogens is 367 g/mol. The standard InChI is InChI=1S/C19H17F5N2O/c20-13-5-12(6-14(21)7-13)10-25-2-1-19(27)26(4-3-25)11-16-17(23)8-15(22)9-18(16)24/h5-9H,1-4,10-11H2. The fraction of sp³-hybridized carbons (Fsp3) is 0.316. The third kappa shape index (κ3) is 4.82. The number of nitrogens with zero attached hydrogens (tertiary/aromatic N) is 2. The van der Waals surface area contributed by atoms with Gasteiger partial charge in [0.2, 0.25) is 5.91 Å². The van der Waals surface area contributed by atoms with Crippen LogP contribution in [0, 0.1) is 29.1 Å². The molecule has 1 aliphatic heterocycles. The van der Waals surface area contributed by atoms with Crippen LogP contribution in [0.15, 0.2) is 30.3 Å². The highest BCUT2D eigenvalue weighted by molar-refractivity contribution is 5.76. The minimum atomic E-state index is -1.04. The zero-order chi connectivity index (χ0) is 19.6. The average Bonchev–Trinajstić information content (AvgIpc) is 2.72. The number of rotatable bonds is 4. The zero-order valence-electron chi connectivity index (χ0n) is 14.3. The van der Waals surface area contributed by atoms with Crippen LogP contribution < -0.4 is 0 Å². The smallest absolute Gasteiger partial charge is 0.224 e. The maximum absolute atomic E-state index is 13.8. The molecule has 144 valence electrons. The SMILES string of the molecule is O=C1CCN(Cc2cc(F)cc(F)c2)CCN1Cc1c(F)cc(F)cc1F. The molecule has 2 aromatic carbocycles. The summed E-state index contributed by atoms with van der Waals surface area (Å²) in [6.07, 6.45) is 0.0994. The number of hydrogen-bond donors (Lipinski definition) is 0. The third-order valence-corrected chi connectivity index (χ3v) is 4.46. The second-order valence-corrected chi connectivity index (χ2v) is 6.47. The maximum Gasteiger partial charge on any atom is 0.224 e. The molecule has 1 aliphatic rings. The summed E-state index contributed by atoms with van der Waals surface area (Å²) in [4.78, 5) is 15.4. The molecule has 0 unspecified atom stereocenters. The zero-order valence-corrected chi connectivity index (χ0v) is 14.3. The van der Waals surface area contributed by atoms with Gasteiger partial charge in [0.1, 0.15) is 29.1 Å². The largest absolute Gasteiger partial charge is 0.337 e. The van der Waals surface area contributed by atoms with E-state index in [0.717, 1.165) is 6.07 Å². The molecule has 0 spiro atoms. The van der Waals surface area contributed by atoms with E-state index in [1.54, 1.807) is 0 Å². The summed E-state index contributed by atoms with van der Waals surface area (Å²) in [6, 6.07) is 4.37. The van der Waals surface area contributed by atoms with E-state index in [9.17, 15) is 26.7 Å². The Morgan fingerprint density at radius 3 is 1.96 bits per heavy atom. The third-order valence-electron chi connectivity index (χ3n) is 4.46. The van der Waals surface area contributed by atoms with Gasteiger partial charge >= 0.3 is 0 Å². The molecule has 0 saturated carbocycles. The van der Waals surface area contributed by atoms with E-state index in [1.165, 1.54) is 17.0 Å². The Morgan fingerprint density at radius 1 is 0.741 bits per heavy atom. The van der Waals surface area contributed by atoms with Crippen molar-refractivity contribution in [2.45, 2.75) is 19.5 Å². The van der Waals surface area contributed by atoms with E-state index in [-0.39, 0.29) is 37.5 Å². The molecule has 27 heavy (non-hydrogen) atoms. The fourth-order valence-electron chi connectivity index (χ4n) is 3.11. The molecule has 2 aromatic rings. The van der Waals surface area contributed by atoms with Crippen molar-refractivity contribution in [2.75, 3.05) is 19.6 Å². The number of carbonyl (C=O) groups excluding carboxylic acids is 1. The number of carbonyl (C=O) groups is 1. The van der Waals surface area contributed by atoms with E-state index < -0.39 is 29.1 Å². The van der Waals surface area contributed by atoms with Crippen molar-refractivity contribution in [3.05, 3.63) is 70.5 Å².